The minimum Gasteiger partial charge on any atom is -0.490 e. The van der Waals surface area contributed by atoms with Crippen LogP contribution < -0.4 is 4.74 Å². The number of ether oxygens (including phenoxy) is 1. The Bertz CT molecular complexity index is 384. The van der Waals surface area contributed by atoms with Gasteiger partial charge in [-0.1, -0.05) is 22.0 Å². The van der Waals surface area contributed by atoms with Crippen LogP contribution in [0.3, 0.4) is 0 Å². The molecule has 0 atom stereocenters. The molecule has 3 heteroatoms. The molecule has 1 aliphatic rings. The molecular weight excluding hydrogens is 292 g/mol. The van der Waals surface area contributed by atoms with Crippen molar-refractivity contribution >= 4 is 22.2 Å². The standard InChI is InChI=1S/C15H19BrO2/c16-13-4-1-5-15(11-13)18-14-8-6-12(7-9-14)3-2-10-17/h1,4-5,10-12,14H,2-3,6-9H2/t12-,14-. The van der Waals surface area contributed by atoms with Gasteiger partial charge in [-0.25, -0.2) is 0 Å². The highest BCUT2D eigenvalue weighted by Crippen LogP contribution is 2.30. The van der Waals surface area contributed by atoms with Crippen molar-refractivity contribution in [2.45, 2.75) is 44.6 Å². The van der Waals surface area contributed by atoms with Crippen LogP contribution in [-0.2, 0) is 4.79 Å². The smallest absolute Gasteiger partial charge is 0.120 e. The van der Waals surface area contributed by atoms with Gasteiger partial charge in [-0.05, 0) is 56.2 Å². The van der Waals surface area contributed by atoms with Gasteiger partial charge < -0.3 is 9.53 Å². The summed E-state index contributed by atoms with van der Waals surface area (Å²) < 4.78 is 7.04. The van der Waals surface area contributed by atoms with Crippen LogP contribution in [0.25, 0.3) is 0 Å². The van der Waals surface area contributed by atoms with Crippen LogP contribution in [0.1, 0.15) is 38.5 Å². The van der Waals surface area contributed by atoms with Crippen molar-refractivity contribution in [3.63, 3.8) is 0 Å². The van der Waals surface area contributed by atoms with E-state index in [0.717, 1.165) is 41.7 Å². The summed E-state index contributed by atoms with van der Waals surface area (Å²) in [5.41, 5.74) is 0. The van der Waals surface area contributed by atoms with Gasteiger partial charge in [-0.15, -0.1) is 0 Å². The summed E-state index contributed by atoms with van der Waals surface area (Å²) in [6, 6.07) is 8.01. The van der Waals surface area contributed by atoms with Gasteiger partial charge in [0, 0.05) is 10.9 Å². The van der Waals surface area contributed by atoms with E-state index in [0.29, 0.717) is 12.5 Å². The van der Waals surface area contributed by atoms with Crippen molar-refractivity contribution in [3.05, 3.63) is 28.7 Å². The Morgan fingerprint density at radius 3 is 2.72 bits per heavy atom. The summed E-state index contributed by atoms with van der Waals surface area (Å²) in [6.07, 6.45) is 7.72. The maximum Gasteiger partial charge on any atom is 0.120 e. The monoisotopic (exact) mass is 310 g/mol. The van der Waals surface area contributed by atoms with E-state index in [2.05, 4.69) is 15.9 Å². The Morgan fingerprint density at radius 2 is 2.06 bits per heavy atom. The average molecular weight is 311 g/mol. The highest BCUT2D eigenvalue weighted by molar-refractivity contribution is 9.10. The van der Waals surface area contributed by atoms with E-state index in [1.54, 1.807) is 0 Å². The Hall–Kier alpha value is -0.830. The number of hydrogen-bond acceptors (Lipinski definition) is 2. The third-order valence-electron chi connectivity index (χ3n) is 3.59. The minimum atomic E-state index is 0.340. The molecule has 0 N–H and O–H groups in total. The predicted molar refractivity (Wildman–Crippen MR) is 75.8 cm³/mol. The van der Waals surface area contributed by atoms with Crippen LogP contribution in [0, 0.1) is 5.92 Å². The Labute approximate surface area is 117 Å². The van der Waals surface area contributed by atoms with Crippen molar-refractivity contribution in [3.8, 4) is 5.75 Å². The van der Waals surface area contributed by atoms with Crippen LogP contribution >= 0.6 is 15.9 Å². The molecule has 0 aromatic heterocycles. The third kappa shape index (κ3) is 4.13. The zero-order valence-corrected chi connectivity index (χ0v) is 12.1. The van der Waals surface area contributed by atoms with Crippen LogP contribution in [0.2, 0.25) is 0 Å². The molecule has 0 aliphatic heterocycles. The second-order valence-electron chi connectivity index (χ2n) is 4.96. The SMILES string of the molecule is O=CCC[C@H]1CC[C@H](Oc2cccc(Br)c2)CC1. The second kappa shape index (κ2) is 6.93. The van der Waals surface area contributed by atoms with E-state index in [9.17, 15) is 4.79 Å². The van der Waals surface area contributed by atoms with E-state index in [1.807, 2.05) is 24.3 Å². The van der Waals surface area contributed by atoms with Crippen molar-refractivity contribution < 1.29 is 9.53 Å². The fourth-order valence-corrected chi connectivity index (χ4v) is 2.95. The van der Waals surface area contributed by atoms with Gasteiger partial charge in [-0.3, -0.25) is 0 Å². The number of carbonyl (C=O) groups excluding carboxylic acids is 1. The summed E-state index contributed by atoms with van der Waals surface area (Å²) in [4.78, 5) is 10.4. The van der Waals surface area contributed by atoms with E-state index >= 15 is 0 Å². The van der Waals surface area contributed by atoms with Crippen LogP contribution in [0.4, 0.5) is 0 Å². The van der Waals surface area contributed by atoms with E-state index in [-0.39, 0.29) is 0 Å². The molecule has 1 fully saturated rings. The van der Waals surface area contributed by atoms with Gasteiger partial charge in [0.1, 0.15) is 12.0 Å². The zero-order valence-electron chi connectivity index (χ0n) is 10.5. The molecule has 0 amide bonds. The van der Waals surface area contributed by atoms with E-state index in [4.69, 9.17) is 4.74 Å². The lowest BCUT2D eigenvalue weighted by Gasteiger charge is -2.28. The molecule has 0 saturated heterocycles. The lowest BCUT2D eigenvalue weighted by Crippen LogP contribution is -2.24. The summed E-state index contributed by atoms with van der Waals surface area (Å²) in [5, 5.41) is 0. The van der Waals surface area contributed by atoms with Gasteiger partial charge in [0.15, 0.2) is 0 Å². The minimum absolute atomic E-state index is 0.340. The van der Waals surface area contributed by atoms with E-state index < -0.39 is 0 Å². The number of carbonyl (C=O) groups is 1. The Balaban J connectivity index is 1.78. The predicted octanol–water partition coefficient (Wildman–Crippen LogP) is 4.37. The van der Waals surface area contributed by atoms with Gasteiger partial charge in [0.25, 0.3) is 0 Å². The van der Waals surface area contributed by atoms with Crippen molar-refractivity contribution in [2.24, 2.45) is 5.92 Å². The van der Waals surface area contributed by atoms with Crippen LogP contribution in [-0.4, -0.2) is 12.4 Å². The fraction of sp³-hybridized carbons (Fsp3) is 0.533. The molecule has 1 aliphatic carbocycles. The molecule has 1 aromatic rings. The quantitative estimate of drug-likeness (QED) is 0.755. The van der Waals surface area contributed by atoms with Crippen LogP contribution in [0.15, 0.2) is 28.7 Å². The summed E-state index contributed by atoms with van der Waals surface area (Å²) in [7, 11) is 0. The fourth-order valence-electron chi connectivity index (χ4n) is 2.57. The largest absolute Gasteiger partial charge is 0.490 e. The first-order valence-corrected chi connectivity index (χ1v) is 7.43. The van der Waals surface area contributed by atoms with Crippen molar-refractivity contribution in [1.29, 1.82) is 0 Å². The zero-order chi connectivity index (χ0) is 12.8. The van der Waals surface area contributed by atoms with Crippen molar-refractivity contribution in [2.75, 3.05) is 0 Å². The third-order valence-corrected chi connectivity index (χ3v) is 4.08. The van der Waals surface area contributed by atoms with E-state index in [1.165, 1.54) is 12.8 Å². The Kier molecular flexibility index (Phi) is 5.24. The first-order chi connectivity index (χ1) is 8.78. The molecule has 2 rings (SSSR count). The molecule has 0 spiro atoms. The Morgan fingerprint density at radius 1 is 1.28 bits per heavy atom. The number of rotatable bonds is 5. The van der Waals surface area contributed by atoms with Gasteiger partial charge in [-0.2, -0.15) is 0 Å². The number of hydrogen-bond donors (Lipinski definition) is 0. The van der Waals surface area contributed by atoms with Gasteiger partial charge in [0.2, 0.25) is 0 Å². The molecule has 2 nitrogen and oxygen atoms in total. The molecule has 18 heavy (non-hydrogen) atoms. The lowest BCUT2D eigenvalue weighted by molar-refractivity contribution is -0.108. The molecule has 0 radical (unpaired) electrons. The topological polar surface area (TPSA) is 26.3 Å². The maximum absolute atomic E-state index is 10.4. The maximum atomic E-state index is 10.4. The van der Waals surface area contributed by atoms with Crippen molar-refractivity contribution in [1.82, 2.24) is 0 Å². The lowest BCUT2D eigenvalue weighted by atomic mass is 9.84. The molecule has 0 unspecified atom stereocenters. The molecule has 0 heterocycles. The highest BCUT2D eigenvalue weighted by atomic mass is 79.9. The van der Waals surface area contributed by atoms with Crippen LogP contribution in [0.5, 0.6) is 5.75 Å². The summed E-state index contributed by atoms with van der Waals surface area (Å²) in [5.74, 6) is 1.67. The summed E-state index contributed by atoms with van der Waals surface area (Å²) in [6.45, 7) is 0. The second-order valence-corrected chi connectivity index (χ2v) is 5.88. The molecular formula is C15H19BrO2. The van der Waals surface area contributed by atoms with Gasteiger partial charge >= 0.3 is 0 Å². The first kappa shape index (κ1) is 13.6. The van der Waals surface area contributed by atoms with Gasteiger partial charge in [0.05, 0.1) is 6.10 Å². The average Bonchev–Trinajstić information content (AvgIpc) is 2.38. The number of aldehydes is 1. The molecule has 1 saturated carbocycles. The number of benzene rings is 1. The number of halogens is 1. The summed E-state index contributed by atoms with van der Waals surface area (Å²) >= 11 is 3.45. The molecule has 0 bridgehead atoms. The first-order valence-electron chi connectivity index (χ1n) is 6.64. The highest BCUT2D eigenvalue weighted by Gasteiger charge is 2.21. The normalized spacial score (nSPS) is 23.6. The molecule has 98 valence electrons. The molecule has 1 aromatic carbocycles.